The lowest BCUT2D eigenvalue weighted by molar-refractivity contribution is 0.102. The molecule has 1 heterocycles. The van der Waals surface area contributed by atoms with E-state index in [0.717, 1.165) is 22.4 Å². The number of nitrogens with one attached hydrogen (secondary N) is 2. The average Bonchev–Trinajstić information content (AvgIpc) is 3.04. The summed E-state index contributed by atoms with van der Waals surface area (Å²) in [6.45, 7) is 3.98. The number of guanidine groups is 1. The van der Waals surface area contributed by atoms with Crippen LogP contribution in [0.1, 0.15) is 21.6 Å². The molecule has 0 aliphatic carbocycles. The molecular weight excluding hydrogens is 328 g/mol. The predicted octanol–water partition coefficient (Wildman–Crippen LogP) is 2.85. The van der Waals surface area contributed by atoms with E-state index in [-0.39, 0.29) is 11.9 Å². The number of hydrogen-bond donors (Lipinski definition) is 4. The SMILES string of the molecule is Cc1cc(C)cc(NC(=O)c2cc(-c3ccc(N=C(N)N)cc3)n[nH]2)c1. The van der Waals surface area contributed by atoms with Crippen molar-refractivity contribution in [3.05, 3.63) is 65.4 Å². The molecule has 132 valence electrons. The summed E-state index contributed by atoms with van der Waals surface area (Å²) >= 11 is 0. The second kappa shape index (κ2) is 7.10. The van der Waals surface area contributed by atoms with Gasteiger partial charge in [0.15, 0.2) is 5.96 Å². The van der Waals surface area contributed by atoms with E-state index in [0.29, 0.717) is 17.1 Å². The van der Waals surface area contributed by atoms with Crippen molar-refractivity contribution in [2.45, 2.75) is 13.8 Å². The van der Waals surface area contributed by atoms with E-state index in [2.05, 4.69) is 26.6 Å². The molecule has 3 aromatic rings. The molecule has 0 saturated heterocycles. The van der Waals surface area contributed by atoms with Crippen molar-refractivity contribution in [3.63, 3.8) is 0 Å². The standard InChI is InChI=1S/C19H20N6O/c1-11-7-12(2)9-15(8-11)22-18(26)17-10-16(24-25-17)13-3-5-14(6-4-13)23-19(20)21/h3-10H,1-2H3,(H,22,26)(H,24,25)(H4,20,21,23). The van der Waals surface area contributed by atoms with Gasteiger partial charge in [-0.2, -0.15) is 5.10 Å². The van der Waals surface area contributed by atoms with Crippen molar-refractivity contribution in [1.82, 2.24) is 10.2 Å². The Morgan fingerprint density at radius 1 is 1.04 bits per heavy atom. The van der Waals surface area contributed by atoms with E-state index >= 15 is 0 Å². The fraction of sp³-hybridized carbons (Fsp3) is 0.105. The molecule has 3 rings (SSSR count). The summed E-state index contributed by atoms with van der Waals surface area (Å²) in [6.07, 6.45) is 0. The number of aromatic nitrogens is 2. The van der Waals surface area contributed by atoms with Crippen LogP contribution in [-0.4, -0.2) is 22.1 Å². The first-order valence-corrected chi connectivity index (χ1v) is 8.06. The zero-order valence-corrected chi connectivity index (χ0v) is 14.6. The number of benzene rings is 2. The molecule has 0 bridgehead atoms. The van der Waals surface area contributed by atoms with Crippen molar-refractivity contribution in [2.24, 2.45) is 16.5 Å². The second-order valence-corrected chi connectivity index (χ2v) is 6.08. The number of carbonyl (C=O) groups excluding carboxylic acids is 1. The molecular formula is C19H20N6O. The van der Waals surface area contributed by atoms with Crippen LogP contribution in [0.25, 0.3) is 11.3 Å². The highest BCUT2D eigenvalue weighted by Crippen LogP contribution is 2.22. The molecule has 0 aliphatic rings. The van der Waals surface area contributed by atoms with Crippen LogP contribution in [0.15, 0.2) is 53.5 Å². The van der Waals surface area contributed by atoms with Crippen LogP contribution in [0.5, 0.6) is 0 Å². The maximum absolute atomic E-state index is 12.4. The van der Waals surface area contributed by atoms with Gasteiger partial charge >= 0.3 is 0 Å². The van der Waals surface area contributed by atoms with Gasteiger partial charge in [-0.25, -0.2) is 4.99 Å². The van der Waals surface area contributed by atoms with Crippen LogP contribution in [0.2, 0.25) is 0 Å². The van der Waals surface area contributed by atoms with Gasteiger partial charge < -0.3 is 16.8 Å². The van der Waals surface area contributed by atoms with Gasteiger partial charge in [-0.3, -0.25) is 9.89 Å². The summed E-state index contributed by atoms with van der Waals surface area (Å²) in [6, 6.07) is 14.8. The number of aliphatic imine (C=N–C) groups is 1. The van der Waals surface area contributed by atoms with Crippen molar-refractivity contribution >= 4 is 23.2 Å². The van der Waals surface area contributed by atoms with Gasteiger partial charge in [-0.05, 0) is 55.3 Å². The van der Waals surface area contributed by atoms with Crippen LogP contribution in [0.3, 0.4) is 0 Å². The van der Waals surface area contributed by atoms with Crippen LogP contribution in [0.4, 0.5) is 11.4 Å². The van der Waals surface area contributed by atoms with Crippen LogP contribution in [0, 0.1) is 13.8 Å². The van der Waals surface area contributed by atoms with Crippen LogP contribution in [-0.2, 0) is 0 Å². The number of nitrogens with zero attached hydrogens (tertiary/aromatic N) is 2. The van der Waals surface area contributed by atoms with Gasteiger partial charge in [-0.15, -0.1) is 0 Å². The van der Waals surface area contributed by atoms with Gasteiger partial charge in [0.2, 0.25) is 0 Å². The molecule has 6 N–H and O–H groups in total. The third-order valence-electron chi connectivity index (χ3n) is 3.72. The predicted molar refractivity (Wildman–Crippen MR) is 103 cm³/mol. The Hall–Kier alpha value is -3.61. The van der Waals surface area contributed by atoms with Crippen molar-refractivity contribution in [2.75, 3.05) is 5.32 Å². The van der Waals surface area contributed by atoms with E-state index in [9.17, 15) is 4.79 Å². The first kappa shape index (κ1) is 17.2. The largest absolute Gasteiger partial charge is 0.370 e. The van der Waals surface area contributed by atoms with E-state index in [1.54, 1.807) is 18.2 Å². The Kier molecular flexibility index (Phi) is 4.70. The Morgan fingerprint density at radius 2 is 1.69 bits per heavy atom. The topological polar surface area (TPSA) is 122 Å². The number of aromatic amines is 1. The smallest absolute Gasteiger partial charge is 0.273 e. The molecule has 2 aromatic carbocycles. The minimum absolute atomic E-state index is 0.00265. The third kappa shape index (κ3) is 4.07. The van der Waals surface area contributed by atoms with Crippen molar-refractivity contribution in [1.29, 1.82) is 0 Å². The number of amides is 1. The number of carbonyl (C=O) groups is 1. The van der Waals surface area contributed by atoms with E-state index in [1.165, 1.54) is 0 Å². The summed E-state index contributed by atoms with van der Waals surface area (Å²) in [5, 5.41) is 9.85. The van der Waals surface area contributed by atoms with Gasteiger partial charge in [0.1, 0.15) is 5.69 Å². The van der Waals surface area contributed by atoms with Gasteiger partial charge in [0.25, 0.3) is 5.91 Å². The minimum Gasteiger partial charge on any atom is -0.370 e. The van der Waals surface area contributed by atoms with Gasteiger partial charge in [0, 0.05) is 11.3 Å². The number of nitrogens with two attached hydrogens (primary N) is 2. The molecule has 1 aromatic heterocycles. The number of H-pyrrole nitrogens is 1. The molecule has 1 amide bonds. The summed E-state index contributed by atoms with van der Waals surface area (Å²) in [5.74, 6) is -0.242. The zero-order chi connectivity index (χ0) is 18.7. The zero-order valence-electron chi connectivity index (χ0n) is 14.6. The maximum Gasteiger partial charge on any atom is 0.273 e. The lowest BCUT2D eigenvalue weighted by Gasteiger charge is -2.06. The maximum atomic E-state index is 12.4. The molecule has 0 atom stereocenters. The molecule has 0 fully saturated rings. The van der Waals surface area contributed by atoms with Gasteiger partial charge in [0.05, 0.1) is 11.4 Å². The number of rotatable bonds is 4. The molecule has 0 aliphatic heterocycles. The first-order valence-electron chi connectivity index (χ1n) is 8.06. The summed E-state index contributed by atoms with van der Waals surface area (Å²) < 4.78 is 0. The Bertz CT molecular complexity index is 948. The fourth-order valence-electron chi connectivity index (χ4n) is 2.69. The molecule has 7 nitrogen and oxygen atoms in total. The van der Waals surface area contributed by atoms with Crippen LogP contribution >= 0.6 is 0 Å². The quantitative estimate of drug-likeness (QED) is 0.428. The summed E-state index contributed by atoms with van der Waals surface area (Å²) in [7, 11) is 0. The third-order valence-corrected chi connectivity index (χ3v) is 3.72. The lowest BCUT2D eigenvalue weighted by atomic mass is 10.1. The molecule has 0 spiro atoms. The van der Waals surface area contributed by atoms with E-state index in [1.807, 2.05) is 38.1 Å². The molecule has 0 radical (unpaired) electrons. The number of anilines is 1. The van der Waals surface area contributed by atoms with Crippen molar-refractivity contribution < 1.29 is 4.79 Å². The minimum atomic E-state index is -0.245. The van der Waals surface area contributed by atoms with E-state index < -0.39 is 0 Å². The van der Waals surface area contributed by atoms with E-state index in [4.69, 9.17) is 11.5 Å². The highest BCUT2D eigenvalue weighted by Gasteiger charge is 2.12. The first-order chi connectivity index (χ1) is 12.4. The fourth-order valence-corrected chi connectivity index (χ4v) is 2.69. The Labute approximate surface area is 151 Å². The van der Waals surface area contributed by atoms with Gasteiger partial charge in [-0.1, -0.05) is 18.2 Å². The normalized spacial score (nSPS) is 10.4. The monoisotopic (exact) mass is 348 g/mol. The Morgan fingerprint density at radius 3 is 2.31 bits per heavy atom. The molecule has 0 unspecified atom stereocenters. The molecule has 0 saturated carbocycles. The average molecular weight is 348 g/mol. The Balaban J connectivity index is 1.76. The van der Waals surface area contributed by atoms with Crippen LogP contribution < -0.4 is 16.8 Å². The molecule has 26 heavy (non-hydrogen) atoms. The lowest BCUT2D eigenvalue weighted by Crippen LogP contribution is -2.21. The number of aryl methyl sites for hydroxylation is 2. The highest BCUT2D eigenvalue weighted by atomic mass is 16.1. The molecule has 7 heteroatoms. The summed E-state index contributed by atoms with van der Waals surface area (Å²) in [5.41, 5.74) is 16.2. The van der Waals surface area contributed by atoms with Crippen molar-refractivity contribution in [3.8, 4) is 11.3 Å². The number of hydrogen-bond acceptors (Lipinski definition) is 3. The summed E-state index contributed by atoms with van der Waals surface area (Å²) in [4.78, 5) is 16.4. The second-order valence-electron chi connectivity index (χ2n) is 6.08. The highest BCUT2D eigenvalue weighted by molar-refractivity contribution is 6.03.